The SMILES string of the molecule is CC(C)(C)C1CC(C#N)(Nc2ccc3[nH]c(=O)oc3c2)CCN1C(=O)O. The van der Waals surface area contributed by atoms with Gasteiger partial charge in [-0.05, 0) is 17.5 Å². The summed E-state index contributed by atoms with van der Waals surface area (Å²) in [7, 11) is 0. The Hall–Kier alpha value is -2.95. The Labute approximate surface area is 150 Å². The van der Waals surface area contributed by atoms with Crippen LogP contribution in [-0.4, -0.2) is 39.2 Å². The van der Waals surface area contributed by atoms with Gasteiger partial charge in [-0.25, -0.2) is 9.59 Å². The largest absolute Gasteiger partial charge is 0.465 e. The molecular formula is C18H22N4O4. The van der Waals surface area contributed by atoms with Gasteiger partial charge in [0.1, 0.15) is 5.54 Å². The topological polar surface area (TPSA) is 122 Å². The van der Waals surface area contributed by atoms with E-state index in [-0.39, 0.29) is 18.0 Å². The van der Waals surface area contributed by atoms with E-state index < -0.39 is 17.4 Å². The molecule has 2 heterocycles. The molecule has 0 bridgehead atoms. The van der Waals surface area contributed by atoms with Crippen LogP contribution in [-0.2, 0) is 0 Å². The number of rotatable bonds is 2. The second-order valence-corrected chi connectivity index (χ2v) is 7.86. The van der Waals surface area contributed by atoms with Gasteiger partial charge in [-0.1, -0.05) is 20.8 Å². The summed E-state index contributed by atoms with van der Waals surface area (Å²) in [6.45, 7) is 6.20. The van der Waals surface area contributed by atoms with Gasteiger partial charge in [0.2, 0.25) is 0 Å². The van der Waals surface area contributed by atoms with Gasteiger partial charge in [-0.3, -0.25) is 4.98 Å². The van der Waals surface area contributed by atoms with E-state index in [1.807, 2.05) is 20.8 Å². The second-order valence-electron chi connectivity index (χ2n) is 7.86. The average Bonchev–Trinajstić information content (AvgIpc) is 2.93. The summed E-state index contributed by atoms with van der Waals surface area (Å²) in [4.78, 5) is 26.9. The van der Waals surface area contributed by atoms with Crippen molar-refractivity contribution in [3.05, 3.63) is 28.7 Å². The lowest BCUT2D eigenvalue weighted by molar-refractivity contribution is 0.0464. The van der Waals surface area contributed by atoms with Crippen molar-refractivity contribution in [2.45, 2.75) is 45.2 Å². The number of anilines is 1. The van der Waals surface area contributed by atoms with E-state index in [0.29, 0.717) is 29.6 Å². The highest BCUT2D eigenvalue weighted by Gasteiger charge is 2.46. The summed E-state index contributed by atoms with van der Waals surface area (Å²) < 4.78 is 5.07. The first-order valence-electron chi connectivity index (χ1n) is 8.45. The fraction of sp³-hybridized carbons (Fsp3) is 0.500. The monoisotopic (exact) mass is 358 g/mol. The molecule has 1 aromatic carbocycles. The zero-order chi connectivity index (χ0) is 19.1. The number of oxazole rings is 1. The Kier molecular flexibility index (Phi) is 4.18. The van der Waals surface area contributed by atoms with E-state index in [1.165, 1.54) is 4.90 Å². The van der Waals surface area contributed by atoms with Gasteiger partial charge in [-0.2, -0.15) is 5.26 Å². The molecule has 2 unspecified atom stereocenters. The molecular weight excluding hydrogens is 336 g/mol. The van der Waals surface area contributed by atoms with Crippen molar-refractivity contribution in [1.29, 1.82) is 5.26 Å². The first-order chi connectivity index (χ1) is 12.1. The van der Waals surface area contributed by atoms with Crippen molar-refractivity contribution < 1.29 is 14.3 Å². The van der Waals surface area contributed by atoms with Gasteiger partial charge in [0.15, 0.2) is 5.58 Å². The second kappa shape index (κ2) is 6.09. The highest BCUT2D eigenvalue weighted by Crippen LogP contribution is 2.38. The Balaban J connectivity index is 1.91. The third kappa shape index (κ3) is 3.25. The van der Waals surface area contributed by atoms with E-state index in [2.05, 4.69) is 16.4 Å². The normalized spacial score (nSPS) is 23.6. The summed E-state index contributed by atoms with van der Waals surface area (Å²) in [6, 6.07) is 7.20. The maximum Gasteiger partial charge on any atom is 0.417 e. The molecule has 1 fully saturated rings. The number of H-pyrrole nitrogens is 1. The quantitative estimate of drug-likeness (QED) is 0.758. The number of carbonyl (C=O) groups is 1. The highest BCUT2D eigenvalue weighted by molar-refractivity contribution is 5.77. The number of amides is 1. The number of benzene rings is 1. The van der Waals surface area contributed by atoms with Crippen LogP contribution in [0.4, 0.5) is 10.5 Å². The first kappa shape index (κ1) is 17.9. The van der Waals surface area contributed by atoms with Crippen LogP contribution in [0.1, 0.15) is 33.6 Å². The van der Waals surface area contributed by atoms with Crippen LogP contribution in [0, 0.1) is 16.7 Å². The number of aromatic nitrogens is 1. The molecule has 1 aliphatic heterocycles. The maximum atomic E-state index is 11.6. The number of aromatic amines is 1. The first-order valence-corrected chi connectivity index (χ1v) is 8.45. The van der Waals surface area contributed by atoms with Gasteiger partial charge >= 0.3 is 11.8 Å². The van der Waals surface area contributed by atoms with Crippen LogP contribution in [0.3, 0.4) is 0 Å². The summed E-state index contributed by atoms with van der Waals surface area (Å²) in [5.41, 5.74) is 0.440. The predicted molar refractivity (Wildman–Crippen MR) is 96.0 cm³/mol. The molecule has 138 valence electrons. The zero-order valence-electron chi connectivity index (χ0n) is 15.0. The number of fused-ring (bicyclic) bond motifs is 1. The summed E-state index contributed by atoms with van der Waals surface area (Å²) >= 11 is 0. The molecule has 2 atom stereocenters. The predicted octanol–water partition coefficient (Wildman–Crippen LogP) is 2.98. The van der Waals surface area contributed by atoms with Gasteiger partial charge < -0.3 is 19.7 Å². The summed E-state index contributed by atoms with van der Waals surface area (Å²) in [6.07, 6.45) is -0.224. The molecule has 1 aliphatic rings. The van der Waals surface area contributed by atoms with Crippen LogP contribution < -0.4 is 11.1 Å². The molecule has 26 heavy (non-hydrogen) atoms. The fourth-order valence-electron chi connectivity index (χ4n) is 3.55. The molecule has 0 radical (unpaired) electrons. The number of nitrogens with zero attached hydrogens (tertiary/aromatic N) is 2. The Morgan fingerprint density at radius 2 is 2.23 bits per heavy atom. The van der Waals surface area contributed by atoms with E-state index in [1.54, 1.807) is 18.2 Å². The molecule has 2 aromatic rings. The fourth-order valence-corrected chi connectivity index (χ4v) is 3.55. The minimum atomic E-state index is -0.966. The van der Waals surface area contributed by atoms with Crippen molar-refractivity contribution >= 4 is 22.9 Å². The molecule has 8 nitrogen and oxygen atoms in total. The van der Waals surface area contributed by atoms with Crippen molar-refractivity contribution in [1.82, 2.24) is 9.88 Å². The maximum absolute atomic E-state index is 11.6. The molecule has 1 amide bonds. The molecule has 8 heteroatoms. The molecule has 1 saturated heterocycles. The van der Waals surface area contributed by atoms with E-state index in [9.17, 15) is 20.0 Å². The number of nitriles is 1. The van der Waals surface area contributed by atoms with E-state index in [4.69, 9.17) is 4.42 Å². The molecule has 3 N–H and O–H groups in total. The zero-order valence-corrected chi connectivity index (χ0v) is 15.0. The Morgan fingerprint density at radius 3 is 2.85 bits per heavy atom. The van der Waals surface area contributed by atoms with Gasteiger partial charge in [0.25, 0.3) is 0 Å². The van der Waals surface area contributed by atoms with Crippen molar-refractivity contribution in [3.63, 3.8) is 0 Å². The molecule has 3 rings (SSSR count). The number of piperidine rings is 1. The van der Waals surface area contributed by atoms with Crippen LogP contribution in [0.25, 0.3) is 11.1 Å². The van der Waals surface area contributed by atoms with Crippen LogP contribution >= 0.6 is 0 Å². The van der Waals surface area contributed by atoms with Gasteiger partial charge in [0, 0.05) is 37.2 Å². The lowest BCUT2D eigenvalue weighted by Gasteiger charge is -2.47. The Bertz CT molecular complexity index is 933. The number of carboxylic acid groups (broad SMARTS) is 1. The van der Waals surface area contributed by atoms with Crippen molar-refractivity contribution in [2.75, 3.05) is 11.9 Å². The number of likely N-dealkylation sites (tertiary alicyclic amines) is 1. The highest BCUT2D eigenvalue weighted by atomic mass is 16.4. The van der Waals surface area contributed by atoms with Crippen LogP contribution in [0.15, 0.2) is 27.4 Å². The molecule has 0 saturated carbocycles. The molecule has 0 spiro atoms. The van der Waals surface area contributed by atoms with Crippen LogP contribution in [0.2, 0.25) is 0 Å². The molecule has 0 aliphatic carbocycles. The number of hydrogen-bond acceptors (Lipinski definition) is 5. The Morgan fingerprint density at radius 1 is 1.50 bits per heavy atom. The van der Waals surface area contributed by atoms with Gasteiger partial charge in [0.05, 0.1) is 11.6 Å². The lowest BCUT2D eigenvalue weighted by Crippen LogP contribution is -2.58. The van der Waals surface area contributed by atoms with Crippen molar-refractivity contribution in [2.24, 2.45) is 5.41 Å². The van der Waals surface area contributed by atoms with Gasteiger partial charge in [-0.15, -0.1) is 0 Å². The minimum absolute atomic E-state index is 0.277. The van der Waals surface area contributed by atoms with Crippen LogP contribution in [0.5, 0.6) is 0 Å². The average molecular weight is 358 g/mol. The standard InChI is InChI=1S/C18H22N4O4/c1-17(2,3)14-9-18(10-19,6-7-22(14)16(24)25)21-11-4-5-12-13(8-11)26-15(23)20-12/h4-5,8,14,21H,6-7,9H2,1-3H3,(H,20,23)(H,24,25). The number of nitrogens with one attached hydrogen (secondary N) is 2. The summed E-state index contributed by atoms with van der Waals surface area (Å²) in [5.74, 6) is -0.533. The number of hydrogen-bond donors (Lipinski definition) is 3. The minimum Gasteiger partial charge on any atom is -0.465 e. The molecule has 1 aromatic heterocycles. The van der Waals surface area contributed by atoms with Crippen molar-refractivity contribution in [3.8, 4) is 6.07 Å². The van der Waals surface area contributed by atoms with E-state index >= 15 is 0 Å². The summed E-state index contributed by atoms with van der Waals surface area (Å²) in [5, 5.41) is 22.6. The lowest BCUT2D eigenvalue weighted by atomic mass is 9.74. The van der Waals surface area contributed by atoms with E-state index in [0.717, 1.165) is 0 Å². The third-order valence-electron chi connectivity index (χ3n) is 4.96. The smallest absolute Gasteiger partial charge is 0.417 e. The third-order valence-corrected chi connectivity index (χ3v) is 4.96.